The van der Waals surface area contributed by atoms with Crippen LogP contribution < -0.4 is 0 Å². The summed E-state index contributed by atoms with van der Waals surface area (Å²) in [6, 6.07) is 0. The van der Waals surface area contributed by atoms with Crippen LogP contribution in [0.2, 0.25) is 0 Å². The Morgan fingerprint density at radius 3 is 1.48 bits per heavy atom. The first-order valence-electron chi connectivity index (χ1n) is 6.18. The molecule has 0 aliphatic heterocycles. The van der Waals surface area contributed by atoms with Crippen molar-refractivity contribution in [2.75, 3.05) is 0 Å². The number of rotatable bonds is 2. The summed E-state index contributed by atoms with van der Waals surface area (Å²) in [5, 5.41) is 0. The summed E-state index contributed by atoms with van der Waals surface area (Å²) in [6.07, 6.45) is -25.2. The monoisotopic (exact) mass is 370 g/mol. The average Bonchev–Trinajstić information content (AvgIpc) is 2.59. The Morgan fingerprint density at radius 2 is 1.22 bits per heavy atom. The van der Waals surface area contributed by atoms with E-state index in [2.05, 4.69) is 0 Å². The van der Waals surface area contributed by atoms with E-state index in [0.29, 0.717) is 0 Å². The van der Waals surface area contributed by atoms with Crippen LogP contribution in [0, 0.1) is 5.92 Å². The van der Waals surface area contributed by atoms with E-state index in [9.17, 15) is 52.7 Å². The molecule has 0 spiro atoms. The highest BCUT2D eigenvalue weighted by atomic mass is 19.4. The first kappa shape index (κ1) is 20.2. The Labute approximate surface area is 121 Å². The second-order valence-corrected chi connectivity index (χ2v) is 5.31. The van der Waals surface area contributed by atoms with Gasteiger partial charge in [-0.15, -0.1) is 0 Å². The van der Waals surface area contributed by atoms with Gasteiger partial charge in [0.1, 0.15) is 0 Å². The Balaban J connectivity index is 3.77. The molecular formula is C11H10F12. The van der Waals surface area contributed by atoms with Crippen molar-refractivity contribution >= 4 is 0 Å². The zero-order valence-corrected chi connectivity index (χ0v) is 11.2. The van der Waals surface area contributed by atoms with Crippen molar-refractivity contribution < 1.29 is 52.7 Å². The van der Waals surface area contributed by atoms with Crippen LogP contribution in [-0.2, 0) is 0 Å². The fourth-order valence-electron chi connectivity index (χ4n) is 3.05. The molecule has 1 saturated carbocycles. The molecule has 138 valence electrons. The summed E-state index contributed by atoms with van der Waals surface area (Å²) in [5.74, 6) is -2.58. The highest BCUT2D eigenvalue weighted by molar-refractivity contribution is 5.25. The van der Waals surface area contributed by atoms with Gasteiger partial charge in [-0.1, -0.05) is 6.92 Å². The predicted molar refractivity (Wildman–Crippen MR) is 52.7 cm³/mol. The van der Waals surface area contributed by atoms with E-state index >= 15 is 0 Å². The molecule has 0 radical (unpaired) electrons. The van der Waals surface area contributed by atoms with Gasteiger partial charge in [0.25, 0.3) is 0 Å². The zero-order chi connectivity index (χ0) is 18.7. The van der Waals surface area contributed by atoms with Crippen molar-refractivity contribution in [2.24, 2.45) is 5.92 Å². The lowest BCUT2D eigenvalue weighted by atomic mass is 9.72. The van der Waals surface area contributed by atoms with Crippen LogP contribution in [0.15, 0.2) is 0 Å². The summed E-state index contributed by atoms with van der Waals surface area (Å²) < 4.78 is 157. The van der Waals surface area contributed by atoms with Crippen molar-refractivity contribution in [1.29, 1.82) is 0 Å². The van der Waals surface area contributed by atoms with Crippen LogP contribution in [0.3, 0.4) is 0 Å². The molecule has 0 aromatic carbocycles. The van der Waals surface area contributed by atoms with Crippen molar-refractivity contribution in [3.05, 3.63) is 0 Å². The summed E-state index contributed by atoms with van der Waals surface area (Å²) in [4.78, 5) is 0. The molecule has 0 nitrogen and oxygen atoms in total. The maximum atomic E-state index is 14.4. The van der Waals surface area contributed by atoms with E-state index in [-0.39, 0.29) is 0 Å². The van der Waals surface area contributed by atoms with Crippen molar-refractivity contribution in [2.45, 2.75) is 61.7 Å². The highest BCUT2D eigenvalue weighted by Gasteiger charge is 2.93. The molecule has 0 aromatic rings. The number of alkyl halides is 12. The van der Waals surface area contributed by atoms with Crippen LogP contribution in [0.25, 0.3) is 0 Å². The minimum atomic E-state index is -7.13. The fourth-order valence-corrected chi connectivity index (χ4v) is 3.05. The Kier molecular flexibility index (Phi) is 4.46. The molecular weight excluding hydrogens is 360 g/mol. The summed E-state index contributed by atoms with van der Waals surface area (Å²) >= 11 is 0. The van der Waals surface area contributed by atoms with E-state index in [1.807, 2.05) is 0 Å². The van der Waals surface area contributed by atoms with Gasteiger partial charge in [-0.05, 0) is 19.3 Å². The Hall–Kier alpha value is -0.840. The molecule has 3 unspecified atom stereocenters. The van der Waals surface area contributed by atoms with E-state index in [1.54, 1.807) is 0 Å². The van der Waals surface area contributed by atoms with Crippen LogP contribution in [0.4, 0.5) is 52.7 Å². The molecule has 1 aliphatic rings. The second kappa shape index (κ2) is 5.08. The maximum Gasteiger partial charge on any atom is 0.435 e. The first-order chi connectivity index (χ1) is 9.92. The highest BCUT2D eigenvalue weighted by Crippen LogP contribution is 2.68. The van der Waals surface area contributed by atoms with Crippen LogP contribution in [0.5, 0.6) is 0 Å². The summed E-state index contributed by atoms with van der Waals surface area (Å²) in [7, 11) is 0. The van der Waals surface area contributed by atoms with Crippen molar-refractivity contribution in [3.8, 4) is 0 Å². The molecule has 0 heterocycles. The third-order valence-electron chi connectivity index (χ3n) is 4.21. The smallest absolute Gasteiger partial charge is 0.236 e. The molecule has 3 atom stereocenters. The molecule has 0 saturated heterocycles. The van der Waals surface area contributed by atoms with Gasteiger partial charge in [0.15, 0.2) is 0 Å². The molecule has 1 fully saturated rings. The summed E-state index contributed by atoms with van der Waals surface area (Å²) in [5.41, 5.74) is -18.5. The largest absolute Gasteiger partial charge is 0.435 e. The van der Waals surface area contributed by atoms with Gasteiger partial charge in [-0.25, -0.2) is 13.2 Å². The third kappa shape index (κ3) is 2.30. The van der Waals surface area contributed by atoms with E-state index < -0.39 is 60.7 Å². The Bertz CT molecular complexity index is 431. The standard InChI is InChI=1S/C11H10F12/c1-2-5-3-4-6(12,7(5,13)9(15,16)17)8(14,10(18,19)20)11(21,22)23/h5H,2-4H2,1H3. The molecule has 0 bridgehead atoms. The van der Waals surface area contributed by atoms with Gasteiger partial charge >= 0.3 is 24.2 Å². The Morgan fingerprint density at radius 1 is 0.826 bits per heavy atom. The first-order valence-corrected chi connectivity index (χ1v) is 6.18. The van der Waals surface area contributed by atoms with E-state index in [1.165, 1.54) is 0 Å². The molecule has 12 heteroatoms. The quantitative estimate of drug-likeness (QED) is 0.554. The lowest BCUT2D eigenvalue weighted by molar-refractivity contribution is -0.407. The van der Waals surface area contributed by atoms with E-state index in [0.717, 1.165) is 6.92 Å². The molecule has 1 rings (SSSR count). The molecule has 23 heavy (non-hydrogen) atoms. The SMILES string of the molecule is CCC1CCC(F)(C(F)(C(F)(F)F)C(F)(F)F)C1(F)C(F)(F)F. The third-order valence-corrected chi connectivity index (χ3v) is 4.21. The molecule has 0 amide bonds. The van der Waals surface area contributed by atoms with Crippen molar-refractivity contribution in [3.63, 3.8) is 0 Å². The lowest BCUT2D eigenvalue weighted by Crippen LogP contribution is -2.75. The van der Waals surface area contributed by atoms with Crippen LogP contribution >= 0.6 is 0 Å². The van der Waals surface area contributed by atoms with Crippen LogP contribution in [0.1, 0.15) is 26.2 Å². The predicted octanol–water partition coefficient (Wildman–Crippen LogP) is 5.62. The normalized spacial score (nSPS) is 34.0. The number of hydrogen-bond donors (Lipinski definition) is 0. The number of halogens is 12. The van der Waals surface area contributed by atoms with Gasteiger partial charge in [0.05, 0.1) is 0 Å². The van der Waals surface area contributed by atoms with Crippen LogP contribution in [-0.4, -0.2) is 35.5 Å². The summed E-state index contributed by atoms with van der Waals surface area (Å²) in [6.45, 7) is 0.817. The van der Waals surface area contributed by atoms with Crippen molar-refractivity contribution in [1.82, 2.24) is 0 Å². The topological polar surface area (TPSA) is 0 Å². The zero-order valence-electron chi connectivity index (χ0n) is 11.2. The van der Waals surface area contributed by atoms with Gasteiger partial charge in [-0.2, -0.15) is 39.5 Å². The van der Waals surface area contributed by atoms with Gasteiger partial charge in [-0.3, -0.25) is 0 Å². The second-order valence-electron chi connectivity index (χ2n) is 5.31. The molecule has 1 aliphatic carbocycles. The molecule has 0 aromatic heterocycles. The average molecular weight is 370 g/mol. The minimum absolute atomic E-state index is 0.817. The molecule has 0 N–H and O–H groups in total. The fraction of sp³-hybridized carbons (Fsp3) is 1.00. The lowest BCUT2D eigenvalue weighted by Gasteiger charge is -2.46. The maximum absolute atomic E-state index is 14.4. The van der Waals surface area contributed by atoms with Gasteiger partial charge in [0.2, 0.25) is 11.3 Å². The van der Waals surface area contributed by atoms with Gasteiger partial charge in [0, 0.05) is 5.92 Å². The van der Waals surface area contributed by atoms with E-state index in [4.69, 9.17) is 0 Å². The minimum Gasteiger partial charge on any atom is -0.236 e. The van der Waals surface area contributed by atoms with Gasteiger partial charge < -0.3 is 0 Å². The number of hydrogen-bond acceptors (Lipinski definition) is 0.